The first-order chi connectivity index (χ1) is 10.4. The third-order valence-electron chi connectivity index (χ3n) is 4.27. The molecule has 0 bridgehead atoms. The lowest BCUT2D eigenvalue weighted by atomic mass is 9.96. The van der Waals surface area contributed by atoms with Crippen molar-refractivity contribution in [3.8, 4) is 0 Å². The monoisotopic (exact) mass is 324 g/mol. The summed E-state index contributed by atoms with van der Waals surface area (Å²) in [6.45, 7) is 4.41. The summed E-state index contributed by atoms with van der Waals surface area (Å²) >= 11 is 0. The summed E-state index contributed by atoms with van der Waals surface area (Å²) in [6.07, 6.45) is 3.43. The van der Waals surface area contributed by atoms with E-state index in [1.807, 2.05) is 32.0 Å². The Hall–Kier alpha value is -1.56. The lowest BCUT2D eigenvalue weighted by Crippen LogP contribution is -2.41. The van der Waals surface area contributed by atoms with Crippen LogP contribution in [-0.2, 0) is 14.8 Å². The highest BCUT2D eigenvalue weighted by molar-refractivity contribution is 7.92. The quantitative estimate of drug-likeness (QED) is 0.904. The maximum atomic E-state index is 12.3. The Labute approximate surface area is 132 Å². The maximum Gasteiger partial charge on any atom is 0.232 e. The SMILES string of the molecule is CCC(CC)C(=O)NC1CCN(S(C)(=O)=O)c2ccccc21. The van der Waals surface area contributed by atoms with Gasteiger partial charge in [0.25, 0.3) is 0 Å². The van der Waals surface area contributed by atoms with E-state index in [1.54, 1.807) is 6.07 Å². The Balaban J connectivity index is 2.27. The maximum absolute atomic E-state index is 12.3. The number of hydrogen-bond acceptors (Lipinski definition) is 3. The number of amides is 1. The first-order valence-corrected chi connectivity index (χ1v) is 9.60. The van der Waals surface area contributed by atoms with Crippen LogP contribution in [0.3, 0.4) is 0 Å². The van der Waals surface area contributed by atoms with Gasteiger partial charge in [-0.25, -0.2) is 8.42 Å². The lowest BCUT2D eigenvalue weighted by molar-refractivity contribution is -0.126. The molecule has 1 unspecified atom stereocenters. The second-order valence-electron chi connectivity index (χ2n) is 5.76. The fourth-order valence-corrected chi connectivity index (χ4v) is 3.94. The van der Waals surface area contributed by atoms with Crippen LogP contribution >= 0.6 is 0 Å². The fourth-order valence-electron chi connectivity index (χ4n) is 2.98. The Morgan fingerprint density at radius 1 is 1.32 bits per heavy atom. The van der Waals surface area contributed by atoms with Crippen LogP contribution < -0.4 is 9.62 Å². The van der Waals surface area contributed by atoms with E-state index in [-0.39, 0.29) is 17.9 Å². The predicted octanol–water partition coefficient (Wildman–Crippen LogP) is 2.45. The zero-order chi connectivity index (χ0) is 16.3. The Morgan fingerprint density at radius 2 is 1.95 bits per heavy atom. The van der Waals surface area contributed by atoms with Gasteiger partial charge in [-0.05, 0) is 30.9 Å². The predicted molar refractivity (Wildman–Crippen MR) is 88.2 cm³/mol. The number of nitrogens with zero attached hydrogens (tertiary/aromatic N) is 1. The minimum atomic E-state index is -3.30. The number of rotatable bonds is 5. The molecule has 0 radical (unpaired) electrons. The molecular weight excluding hydrogens is 300 g/mol. The number of benzene rings is 1. The van der Waals surface area contributed by atoms with Crippen molar-refractivity contribution in [1.29, 1.82) is 0 Å². The molecule has 1 N–H and O–H groups in total. The van der Waals surface area contributed by atoms with E-state index in [4.69, 9.17) is 0 Å². The molecule has 122 valence electrons. The fraction of sp³-hybridized carbons (Fsp3) is 0.562. The minimum Gasteiger partial charge on any atom is -0.349 e. The van der Waals surface area contributed by atoms with Crippen LogP contribution in [0, 0.1) is 5.92 Å². The van der Waals surface area contributed by atoms with Crippen molar-refractivity contribution in [1.82, 2.24) is 5.32 Å². The van der Waals surface area contributed by atoms with Crippen molar-refractivity contribution in [2.45, 2.75) is 39.2 Å². The van der Waals surface area contributed by atoms with Gasteiger partial charge in [0.2, 0.25) is 15.9 Å². The zero-order valence-corrected chi connectivity index (χ0v) is 14.2. The van der Waals surface area contributed by atoms with Gasteiger partial charge in [-0.3, -0.25) is 9.10 Å². The molecule has 1 aromatic rings. The topological polar surface area (TPSA) is 66.5 Å². The molecule has 0 aromatic heterocycles. The van der Waals surface area contributed by atoms with Gasteiger partial charge in [0.15, 0.2) is 0 Å². The van der Waals surface area contributed by atoms with Gasteiger partial charge in [-0.1, -0.05) is 32.0 Å². The number of carbonyl (C=O) groups excluding carboxylic acids is 1. The van der Waals surface area contributed by atoms with Crippen molar-refractivity contribution in [2.75, 3.05) is 17.1 Å². The number of hydrogen-bond donors (Lipinski definition) is 1. The number of carbonyl (C=O) groups is 1. The second-order valence-corrected chi connectivity index (χ2v) is 7.66. The smallest absolute Gasteiger partial charge is 0.232 e. The molecular formula is C16H24N2O3S. The first-order valence-electron chi connectivity index (χ1n) is 7.75. The number of fused-ring (bicyclic) bond motifs is 1. The highest BCUT2D eigenvalue weighted by atomic mass is 32.2. The summed E-state index contributed by atoms with van der Waals surface area (Å²) in [7, 11) is -3.30. The van der Waals surface area contributed by atoms with E-state index >= 15 is 0 Å². The van der Waals surface area contributed by atoms with Crippen LogP contribution in [0.5, 0.6) is 0 Å². The molecule has 1 amide bonds. The van der Waals surface area contributed by atoms with Gasteiger partial charge in [0, 0.05) is 12.5 Å². The summed E-state index contributed by atoms with van der Waals surface area (Å²) in [4.78, 5) is 12.3. The molecule has 0 saturated carbocycles. The van der Waals surface area contributed by atoms with Crippen LogP contribution in [0.25, 0.3) is 0 Å². The normalized spacial score (nSPS) is 18.2. The van der Waals surface area contributed by atoms with Gasteiger partial charge in [0.05, 0.1) is 18.0 Å². The van der Waals surface area contributed by atoms with Crippen LogP contribution in [0.4, 0.5) is 5.69 Å². The standard InChI is InChI=1S/C16H24N2O3S/c1-4-12(5-2)16(19)17-14-10-11-18(22(3,20)21)15-9-7-6-8-13(14)15/h6-9,12,14H,4-5,10-11H2,1-3H3,(H,17,19). The molecule has 1 aliphatic rings. The molecule has 0 saturated heterocycles. The van der Waals surface area contributed by atoms with E-state index in [2.05, 4.69) is 5.32 Å². The second kappa shape index (κ2) is 6.69. The van der Waals surface area contributed by atoms with E-state index in [9.17, 15) is 13.2 Å². The van der Waals surface area contributed by atoms with E-state index in [0.717, 1.165) is 18.4 Å². The van der Waals surface area contributed by atoms with Gasteiger partial charge in [-0.2, -0.15) is 0 Å². The summed E-state index contributed by atoms with van der Waals surface area (Å²) in [6, 6.07) is 7.27. The average Bonchev–Trinajstić information content (AvgIpc) is 2.47. The van der Waals surface area contributed by atoms with Crippen molar-refractivity contribution in [2.24, 2.45) is 5.92 Å². The molecule has 2 rings (SSSR count). The highest BCUT2D eigenvalue weighted by Crippen LogP contribution is 2.35. The molecule has 22 heavy (non-hydrogen) atoms. The summed E-state index contributed by atoms with van der Waals surface area (Å²) in [5, 5.41) is 3.09. The Kier molecular flexibility index (Phi) is 5.11. The van der Waals surface area contributed by atoms with Gasteiger partial charge in [0.1, 0.15) is 0 Å². The van der Waals surface area contributed by atoms with Crippen LogP contribution in [0.15, 0.2) is 24.3 Å². The largest absolute Gasteiger partial charge is 0.349 e. The minimum absolute atomic E-state index is 0.0140. The summed E-state index contributed by atoms with van der Waals surface area (Å²) in [5.74, 6) is 0.0673. The van der Waals surface area contributed by atoms with Crippen LogP contribution in [-0.4, -0.2) is 27.1 Å². The average molecular weight is 324 g/mol. The van der Waals surface area contributed by atoms with E-state index in [0.29, 0.717) is 18.7 Å². The molecule has 0 aliphatic carbocycles. The molecule has 1 atom stereocenters. The molecule has 5 nitrogen and oxygen atoms in total. The number of anilines is 1. The molecule has 1 heterocycles. The highest BCUT2D eigenvalue weighted by Gasteiger charge is 2.31. The summed E-state index contributed by atoms with van der Waals surface area (Å²) < 4.78 is 25.3. The molecule has 0 fully saturated rings. The van der Waals surface area contributed by atoms with Crippen molar-refractivity contribution in [3.63, 3.8) is 0 Å². The van der Waals surface area contributed by atoms with Gasteiger partial charge in [-0.15, -0.1) is 0 Å². The summed E-state index contributed by atoms with van der Waals surface area (Å²) in [5.41, 5.74) is 1.55. The molecule has 0 spiro atoms. The molecule has 1 aliphatic heterocycles. The van der Waals surface area contributed by atoms with Gasteiger partial charge < -0.3 is 5.32 Å². The van der Waals surface area contributed by atoms with Crippen LogP contribution in [0.1, 0.15) is 44.7 Å². The number of nitrogens with one attached hydrogen (secondary N) is 1. The van der Waals surface area contributed by atoms with Crippen molar-refractivity contribution in [3.05, 3.63) is 29.8 Å². The first kappa shape index (κ1) is 16.8. The van der Waals surface area contributed by atoms with E-state index < -0.39 is 10.0 Å². The Bertz CT molecular complexity index is 639. The number of para-hydroxylation sites is 1. The molecule has 1 aromatic carbocycles. The van der Waals surface area contributed by atoms with Crippen molar-refractivity contribution >= 4 is 21.6 Å². The van der Waals surface area contributed by atoms with E-state index in [1.165, 1.54) is 10.6 Å². The van der Waals surface area contributed by atoms with Gasteiger partial charge >= 0.3 is 0 Å². The lowest BCUT2D eigenvalue weighted by Gasteiger charge is -2.35. The third-order valence-corrected chi connectivity index (χ3v) is 5.45. The third kappa shape index (κ3) is 3.43. The van der Waals surface area contributed by atoms with Crippen molar-refractivity contribution < 1.29 is 13.2 Å². The number of sulfonamides is 1. The zero-order valence-electron chi connectivity index (χ0n) is 13.4. The molecule has 6 heteroatoms. The Morgan fingerprint density at radius 3 is 2.55 bits per heavy atom. The van der Waals surface area contributed by atoms with Crippen LogP contribution in [0.2, 0.25) is 0 Å².